The molecule has 3 aromatic carbocycles. The van der Waals surface area contributed by atoms with Crippen molar-refractivity contribution < 1.29 is 14.3 Å². The fraction of sp³-hybridized carbons (Fsp3) is 0.192. The van der Waals surface area contributed by atoms with Gasteiger partial charge >= 0.3 is 0 Å². The average Bonchev–Trinajstić information content (AvgIpc) is 2.80. The highest BCUT2D eigenvalue weighted by Gasteiger charge is 2.10. The zero-order valence-corrected chi connectivity index (χ0v) is 19.3. The molecule has 0 spiro atoms. The second kappa shape index (κ2) is 12.4. The van der Waals surface area contributed by atoms with Gasteiger partial charge in [-0.3, -0.25) is 14.9 Å². The second-order valence-corrected chi connectivity index (χ2v) is 7.81. The van der Waals surface area contributed by atoms with Gasteiger partial charge in [-0.1, -0.05) is 49.4 Å². The molecule has 0 bridgehead atoms. The van der Waals surface area contributed by atoms with Crippen LogP contribution in [0.15, 0.2) is 78.9 Å². The second-order valence-electron chi connectivity index (χ2n) is 7.40. The van der Waals surface area contributed by atoms with Crippen LogP contribution in [0.4, 0.5) is 11.4 Å². The summed E-state index contributed by atoms with van der Waals surface area (Å²) < 4.78 is 5.80. The molecule has 6 nitrogen and oxygen atoms in total. The highest BCUT2D eigenvalue weighted by atomic mass is 32.1. The Morgan fingerprint density at radius 2 is 1.61 bits per heavy atom. The molecule has 0 saturated heterocycles. The van der Waals surface area contributed by atoms with Gasteiger partial charge in [0.15, 0.2) is 5.11 Å². The van der Waals surface area contributed by atoms with Crippen LogP contribution in [0.2, 0.25) is 0 Å². The largest absolute Gasteiger partial charge is 0.493 e. The van der Waals surface area contributed by atoms with E-state index >= 15 is 0 Å². The number of hydrogen-bond acceptors (Lipinski definition) is 4. The van der Waals surface area contributed by atoms with Crippen molar-refractivity contribution in [3.63, 3.8) is 0 Å². The van der Waals surface area contributed by atoms with Crippen molar-refractivity contribution in [2.24, 2.45) is 0 Å². The van der Waals surface area contributed by atoms with Gasteiger partial charge in [-0.2, -0.15) is 0 Å². The lowest BCUT2D eigenvalue weighted by Crippen LogP contribution is -2.34. The molecule has 0 heterocycles. The molecule has 0 atom stereocenters. The Morgan fingerprint density at radius 1 is 0.879 bits per heavy atom. The van der Waals surface area contributed by atoms with E-state index in [1.807, 2.05) is 31.2 Å². The Morgan fingerprint density at radius 3 is 2.36 bits per heavy atom. The molecule has 3 rings (SSSR count). The van der Waals surface area contributed by atoms with Gasteiger partial charge in [-0.25, -0.2) is 0 Å². The van der Waals surface area contributed by atoms with E-state index in [9.17, 15) is 9.59 Å². The number of amides is 2. The number of benzene rings is 3. The maximum absolute atomic E-state index is 12.6. The number of carbonyl (C=O) groups excluding carboxylic acids is 2. The molecule has 7 heteroatoms. The molecule has 0 aliphatic carbocycles. The Labute approximate surface area is 199 Å². The van der Waals surface area contributed by atoms with E-state index in [2.05, 4.69) is 28.1 Å². The summed E-state index contributed by atoms with van der Waals surface area (Å²) in [7, 11) is 0. The van der Waals surface area contributed by atoms with E-state index in [1.54, 1.807) is 42.5 Å². The van der Waals surface area contributed by atoms with E-state index in [0.717, 1.165) is 12.8 Å². The van der Waals surface area contributed by atoms with Gasteiger partial charge in [0.25, 0.3) is 5.91 Å². The van der Waals surface area contributed by atoms with Crippen molar-refractivity contribution in [3.05, 3.63) is 90.0 Å². The SMILES string of the molecule is CCCC(=O)Nc1cccc(NC(=S)NC(=O)c2cccc(OCCc3ccccc3)c2)c1. The summed E-state index contributed by atoms with van der Waals surface area (Å²) >= 11 is 5.28. The zero-order chi connectivity index (χ0) is 23.5. The average molecular weight is 462 g/mol. The van der Waals surface area contributed by atoms with Gasteiger partial charge in [0.1, 0.15) is 5.75 Å². The Balaban J connectivity index is 1.52. The molecule has 0 aromatic heterocycles. The number of anilines is 2. The minimum Gasteiger partial charge on any atom is -0.493 e. The molecule has 0 radical (unpaired) electrons. The summed E-state index contributed by atoms with van der Waals surface area (Å²) in [5.41, 5.74) is 2.95. The summed E-state index contributed by atoms with van der Waals surface area (Å²) in [6, 6.07) is 24.2. The van der Waals surface area contributed by atoms with Gasteiger partial charge in [0, 0.05) is 29.8 Å². The normalized spacial score (nSPS) is 10.2. The minimum absolute atomic E-state index is 0.0450. The van der Waals surface area contributed by atoms with Crippen molar-refractivity contribution in [1.82, 2.24) is 5.32 Å². The molecule has 2 amide bonds. The molecule has 3 N–H and O–H groups in total. The number of hydrogen-bond donors (Lipinski definition) is 3. The number of carbonyl (C=O) groups is 2. The number of ether oxygens (including phenoxy) is 1. The molecule has 170 valence electrons. The smallest absolute Gasteiger partial charge is 0.257 e. The maximum Gasteiger partial charge on any atom is 0.257 e. The maximum atomic E-state index is 12.6. The number of thiocarbonyl (C=S) groups is 1. The third kappa shape index (κ3) is 8.05. The highest BCUT2D eigenvalue weighted by molar-refractivity contribution is 7.80. The van der Waals surface area contributed by atoms with E-state index in [-0.39, 0.29) is 16.9 Å². The third-order valence-corrected chi connectivity index (χ3v) is 4.91. The summed E-state index contributed by atoms with van der Waals surface area (Å²) in [6.45, 7) is 2.46. The molecule has 0 unspecified atom stereocenters. The molecule has 3 aromatic rings. The molecule has 33 heavy (non-hydrogen) atoms. The number of nitrogens with one attached hydrogen (secondary N) is 3. The molecular formula is C26H27N3O3S. The van der Waals surface area contributed by atoms with Crippen LogP contribution in [0.1, 0.15) is 35.7 Å². The van der Waals surface area contributed by atoms with Crippen molar-refractivity contribution in [3.8, 4) is 5.75 Å². The van der Waals surface area contributed by atoms with Gasteiger partial charge in [0.05, 0.1) is 6.61 Å². The van der Waals surface area contributed by atoms with Gasteiger partial charge < -0.3 is 15.4 Å². The Bertz CT molecular complexity index is 1100. The monoisotopic (exact) mass is 461 g/mol. The summed E-state index contributed by atoms with van der Waals surface area (Å²) in [5, 5.41) is 8.64. The molecule has 0 aliphatic heterocycles. The lowest BCUT2D eigenvalue weighted by atomic mass is 10.2. The highest BCUT2D eigenvalue weighted by Crippen LogP contribution is 2.16. The van der Waals surface area contributed by atoms with E-state index in [0.29, 0.717) is 35.7 Å². The predicted octanol–water partition coefficient (Wildman–Crippen LogP) is 5.17. The first-order chi connectivity index (χ1) is 16.0. The fourth-order valence-corrected chi connectivity index (χ4v) is 3.33. The van der Waals surface area contributed by atoms with Crippen molar-refractivity contribution in [2.45, 2.75) is 26.2 Å². The Kier molecular flexibility index (Phi) is 8.97. The van der Waals surface area contributed by atoms with Gasteiger partial charge in [-0.05, 0) is 60.6 Å². The van der Waals surface area contributed by atoms with Crippen LogP contribution in [-0.2, 0) is 11.2 Å². The first-order valence-electron chi connectivity index (χ1n) is 10.8. The van der Waals surface area contributed by atoms with Crippen LogP contribution in [0.5, 0.6) is 5.75 Å². The van der Waals surface area contributed by atoms with Crippen LogP contribution < -0.4 is 20.7 Å². The molecule has 0 saturated carbocycles. The quantitative estimate of drug-likeness (QED) is 0.383. The minimum atomic E-state index is -0.339. The first kappa shape index (κ1) is 23.9. The zero-order valence-electron chi connectivity index (χ0n) is 18.5. The lowest BCUT2D eigenvalue weighted by Gasteiger charge is -2.12. The number of rotatable bonds is 9. The standard InChI is InChI=1S/C26H27N3O3S/c1-2-8-24(30)27-21-12-7-13-22(18-21)28-26(33)29-25(31)20-11-6-14-23(17-20)32-16-15-19-9-4-3-5-10-19/h3-7,9-14,17-18H,2,8,15-16H2,1H3,(H,27,30)(H2,28,29,31,33). The molecule has 0 aliphatic rings. The summed E-state index contributed by atoms with van der Waals surface area (Å²) in [5.74, 6) is 0.234. The van der Waals surface area contributed by atoms with Crippen LogP contribution >= 0.6 is 12.2 Å². The first-order valence-corrected chi connectivity index (χ1v) is 11.2. The van der Waals surface area contributed by atoms with Gasteiger partial charge in [-0.15, -0.1) is 0 Å². The fourth-order valence-electron chi connectivity index (χ4n) is 3.12. The van der Waals surface area contributed by atoms with E-state index in [4.69, 9.17) is 17.0 Å². The summed E-state index contributed by atoms with van der Waals surface area (Å²) in [4.78, 5) is 24.4. The third-order valence-electron chi connectivity index (χ3n) is 4.71. The van der Waals surface area contributed by atoms with E-state index < -0.39 is 0 Å². The van der Waals surface area contributed by atoms with Crippen molar-refractivity contribution in [2.75, 3.05) is 17.2 Å². The molecule has 0 fully saturated rings. The predicted molar refractivity (Wildman–Crippen MR) is 136 cm³/mol. The van der Waals surface area contributed by atoms with Gasteiger partial charge in [0.2, 0.25) is 5.91 Å². The van der Waals surface area contributed by atoms with Crippen molar-refractivity contribution in [1.29, 1.82) is 0 Å². The topological polar surface area (TPSA) is 79.5 Å². The van der Waals surface area contributed by atoms with Crippen LogP contribution in [-0.4, -0.2) is 23.5 Å². The van der Waals surface area contributed by atoms with Crippen LogP contribution in [0.3, 0.4) is 0 Å². The summed E-state index contributed by atoms with van der Waals surface area (Å²) in [6.07, 6.45) is 2.02. The lowest BCUT2D eigenvalue weighted by molar-refractivity contribution is -0.116. The van der Waals surface area contributed by atoms with E-state index in [1.165, 1.54) is 5.56 Å². The Hall–Kier alpha value is -3.71. The van der Waals surface area contributed by atoms with Crippen molar-refractivity contribution >= 4 is 40.5 Å². The van der Waals surface area contributed by atoms with Crippen LogP contribution in [0, 0.1) is 0 Å². The molecular weight excluding hydrogens is 434 g/mol. The van der Waals surface area contributed by atoms with Crippen LogP contribution in [0.25, 0.3) is 0 Å².